The van der Waals surface area contributed by atoms with Crippen LogP contribution in [0.1, 0.15) is 36.1 Å². The molecule has 2 atom stereocenters. The lowest BCUT2D eigenvalue weighted by Gasteiger charge is -2.12. The van der Waals surface area contributed by atoms with E-state index in [-0.39, 0.29) is 12.2 Å². The molecular weight excluding hydrogens is 364 g/mol. The van der Waals surface area contributed by atoms with Gasteiger partial charge >= 0.3 is 0 Å². The molecule has 2 unspecified atom stereocenters. The maximum atomic E-state index is 5.92. The third kappa shape index (κ3) is 5.72. The maximum absolute atomic E-state index is 5.92. The van der Waals surface area contributed by atoms with Crippen molar-refractivity contribution in [3.8, 4) is 11.5 Å². The van der Waals surface area contributed by atoms with E-state index in [0.717, 1.165) is 42.3 Å². The first-order valence-electron chi connectivity index (χ1n) is 10.2. The van der Waals surface area contributed by atoms with Crippen molar-refractivity contribution in [3.63, 3.8) is 0 Å². The van der Waals surface area contributed by atoms with Crippen molar-refractivity contribution in [3.05, 3.63) is 70.8 Å². The number of allylic oxidation sites excluding steroid dienone is 2. The Balaban J connectivity index is 1.49. The summed E-state index contributed by atoms with van der Waals surface area (Å²) >= 11 is 0. The summed E-state index contributed by atoms with van der Waals surface area (Å²) in [5.74, 6) is 1.81. The zero-order valence-corrected chi connectivity index (χ0v) is 17.1. The Kier molecular flexibility index (Phi) is 6.33. The summed E-state index contributed by atoms with van der Waals surface area (Å²) in [7, 11) is 0. The zero-order valence-electron chi connectivity index (χ0n) is 17.1. The molecule has 2 aromatic rings. The molecule has 2 aliphatic rings. The Morgan fingerprint density at radius 2 is 1.24 bits per heavy atom. The van der Waals surface area contributed by atoms with Crippen molar-refractivity contribution in [2.24, 2.45) is 0 Å². The summed E-state index contributed by atoms with van der Waals surface area (Å²) in [6.07, 6.45) is 9.63. The Labute approximate surface area is 172 Å². The molecule has 0 amide bonds. The van der Waals surface area contributed by atoms with E-state index >= 15 is 0 Å². The minimum absolute atomic E-state index is 0.255. The number of hydrogen-bond acceptors (Lipinski definition) is 4. The fourth-order valence-electron chi connectivity index (χ4n) is 3.23. The molecule has 2 fully saturated rings. The van der Waals surface area contributed by atoms with E-state index in [9.17, 15) is 0 Å². The summed E-state index contributed by atoms with van der Waals surface area (Å²) < 4.78 is 22.3. The van der Waals surface area contributed by atoms with E-state index in [2.05, 4.69) is 48.6 Å². The van der Waals surface area contributed by atoms with Crippen molar-refractivity contribution in [2.45, 2.75) is 32.5 Å². The van der Waals surface area contributed by atoms with Gasteiger partial charge in [-0.15, -0.1) is 0 Å². The molecule has 2 aromatic carbocycles. The molecule has 4 rings (SSSR count). The molecule has 152 valence electrons. The van der Waals surface area contributed by atoms with Gasteiger partial charge in [-0.25, -0.2) is 0 Å². The largest absolute Gasteiger partial charge is 0.490 e. The van der Waals surface area contributed by atoms with E-state index in [1.54, 1.807) is 0 Å². The van der Waals surface area contributed by atoms with Crippen LogP contribution in [-0.4, -0.2) is 38.6 Å². The number of hydrogen-bond donors (Lipinski definition) is 0. The molecule has 0 aliphatic carbocycles. The van der Waals surface area contributed by atoms with Gasteiger partial charge in [0.05, 0.1) is 13.2 Å². The second kappa shape index (κ2) is 9.29. The lowest BCUT2D eigenvalue weighted by molar-refractivity contribution is 0.262. The van der Waals surface area contributed by atoms with Crippen LogP contribution in [0.5, 0.6) is 11.5 Å². The van der Waals surface area contributed by atoms with Gasteiger partial charge in [0, 0.05) is 11.1 Å². The highest BCUT2D eigenvalue weighted by Crippen LogP contribution is 2.27. The molecule has 29 heavy (non-hydrogen) atoms. The van der Waals surface area contributed by atoms with E-state index in [1.807, 2.05) is 26.0 Å². The molecule has 0 spiro atoms. The van der Waals surface area contributed by atoms with Crippen LogP contribution in [0.4, 0.5) is 0 Å². The Morgan fingerprint density at radius 3 is 1.62 bits per heavy atom. The fraction of sp³-hybridized carbons (Fsp3) is 0.360. The third-order valence-electron chi connectivity index (χ3n) is 4.90. The standard InChI is InChI=1S/C25H28O4/c1-3-5-20-12-18(7-9-24(20)28-16-22-14-26-22)11-19-8-10-25(21(13-19)6-4-2)29-17-23-15-27-23/h3-10,12-13,22-23H,11,14-17H2,1-2H3/b5-3-,6-4-. The van der Waals surface area contributed by atoms with Crippen LogP contribution in [0, 0.1) is 0 Å². The van der Waals surface area contributed by atoms with Gasteiger partial charge in [0.2, 0.25) is 0 Å². The average molecular weight is 392 g/mol. The molecule has 0 saturated carbocycles. The maximum Gasteiger partial charge on any atom is 0.126 e. The molecule has 0 aromatic heterocycles. The first-order valence-corrected chi connectivity index (χ1v) is 10.2. The summed E-state index contributed by atoms with van der Waals surface area (Å²) in [5.41, 5.74) is 4.70. The van der Waals surface area contributed by atoms with Crippen LogP contribution in [0.25, 0.3) is 12.2 Å². The van der Waals surface area contributed by atoms with Crippen LogP contribution in [0.3, 0.4) is 0 Å². The Bertz CT molecular complexity index is 818. The van der Waals surface area contributed by atoms with Crippen molar-refractivity contribution < 1.29 is 18.9 Å². The first kappa shape index (κ1) is 19.7. The number of ether oxygens (including phenoxy) is 4. The topological polar surface area (TPSA) is 43.5 Å². The van der Waals surface area contributed by atoms with Gasteiger partial charge in [0.1, 0.15) is 36.9 Å². The smallest absolute Gasteiger partial charge is 0.126 e. The predicted molar refractivity (Wildman–Crippen MR) is 116 cm³/mol. The fourth-order valence-corrected chi connectivity index (χ4v) is 3.23. The van der Waals surface area contributed by atoms with E-state index in [4.69, 9.17) is 18.9 Å². The van der Waals surface area contributed by atoms with Gasteiger partial charge in [-0.1, -0.05) is 36.4 Å². The third-order valence-corrected chi connectivity index (χ3v) is 4.90. The normalized spacial score (nSPS) is 20.3. The number of rotatable bonds is 10. The van der Waals surface area contributed by atoms with Crippen LogP contribution in [0.2, 0.25) is 0 Å². The van der Waals surface area contributed by atoms with Crippen molar-refractivity contribution in [1.29, 1.82) is 0 Å². The second-order valence-corrected chi connectivity index (χ2v) is 7.45. The van der Waals surface area contributed by atoms with Crippen molar-refractivity contribution >= 4 is 12.2 Å². The highest BCUT2D eigenvalue weighted by molar-refractivity contribution is 5.60. The lowest BCUT2D eigenvalue weighted by atomic mass is 10.00. The summed E-state index contributed by atoms with van der Waals surface area (Å²) in [6.45, 7) is 6.89. The molecule has 2 heterocycles. The summed E-state index contributed by atoms with van der Waals surface area (Å²) in [5, 5.41) is 0. The molecular formula is C25H28O4. The van der Waals surface area contributed by atoms with Gasteiger partial charge in [-0.3, -0.25) is 0 Å². The predicted octanol–water partition coefficient (Wildman–Crippen LogP) is 4.90. The minimum atomic E-state index is 0.255. The average Bonchev–Trinajstić information content (AvgIpc) is 3.62. The first-order chi connectivity index (χ1) is 14.2. The summed E-state index contributed by atoms with van der Waals surface area (Å²) in [4.78, 5) is 0. The zero-order chi connectivity index (χ0) is 20.1. The molecule has 2 aliphatic heterocycles. The monoisotopic (exact) mass is 392 g/mol. The minimum Gasteiger partial charge on any atom is -0.490 e. The Morgan fingerprint density at radius 1 is 0.793 bits per heavy atom. The van der Waals surface area contributed by atoms with Gasteiger partial charge in [0.25, 0.3) is 0 Å². The molecule has 0 radical (unpaired) electrons. The van der Waals surface area contributed by atoms with E-state index in [1.165, 1.54) is 11.1 Å². The van der Waals surface area contributed by atoms with Crippen molar-refractivity contribution in [2.75, 3.05) is 26.4 Å². The van der Waals surface area contributed by atoms with Gasteiger partial charge < -0.3 is 18.9 Å². The van der Waals surface area contributed by atoms with Crippen LogP contribution in [-0.2, 0) is 15.9 Å². The highest BCUT2D eigenvalue weighted by Gasteiger charge is 2.24. The van der Waals surface area contributed by atoms with E-state index in [0.29, 0.717) is 13.2 Å². The molecule has 0 bridgehead atoms. The molecule has 4 nitrogen and oxygen atoms in total. The quantitative estimate of drug-likeness (QED) is 0.540. The van der Waals surface area contributed by atoms with Crippen LogP contribution >= 0.6 is 0 Å². The van der Waals surface area contributed by atoms with Gasteiger partial charge in [0.15, 0.2) is 0 Å². The Hall–Kier alpha value is -2.56. The number of benzene rings is 2. The van der Waals surface area contributed by atoms with E-state index < -0.39 is 0 Å². The lowest BCUT2D eigenvalue weighted by Crippen LogP contribution is -2.06. The van der Waals surface area contributed by atoms with Gasteiger partial charge in [-0.2, -0.15) is 0 Å². The van der Waals surface area contributed by atoms with Crippen molar-refractivity contribution in [1.82, 2.24) is 0 Å². The van der Waals surface area contributed by atoms with Crippen LogP contribution < -0.4 is 9.47 Å². The molecule has 4 heteroatoms. The number of epoxide rings is 2. The SMILES string of the molecule is C/C=C\c1cc(Cc2ccc(OCC3CO3)c(/C=C\C)c2)ccc1OCC1CO1. The second-order valence-electron chi connectivity index (χ2n) is 7.45. The molecule has 2 saturated heterocycles. The molecule has 0 N–H and O–H groups in total. The summed E-state index contributed by atoms with van der Waals surface area (Å²) in [6, 6.07) is 12.8. The van der Waals surface area contributed by atoms with Gasteiger partial charge in [-0.05, 0) is 55.7 Å². The van der Waals surface area contributed by atoms with Crippen LogP contribution in [0.15, 0.2) is 48.6 Å². The highest BCUT2D eigenvalue weighted by atomic mass is 16.6.